The van der Waals surface area contributed by atoms with Gasteiger partial charge in [-0.3, -0.25) is 0 Å². The first-order valence-corrected chi connectivity index (χ1v) is 7.24. The van der Waals surface area contributed by atoms with Gasteiger partial charge in [-0.05, 0) is 39.7 Å². The van der Waals surface area contributed by atoms with E-state index in [1.807, 2.05) is 19.9 Å². The maximum atomic E-state index is 5.53. The van der Waals surface area contributed by atoms with E-state index >= 15 is 0 Å². The Bertz CT molecular complexity index is 454. The minimum absolute atomic E-state index is 0. The number of nitrogens with one attached hydrogen (secondary N) is 1. The molecule has 0 atom stereocenters. The number of aryl methyl sites for hydroxylation is 2. The SMILES string of the molecule is C=CCCCN(C)C(=NCc1cc(C)oc1C)NCC.I. The lowest BCUT2D eigenvalue weighted by atomic mass is 10.2. The number of nitrogens with zero attached hydrogens (tertiary/aromatic N) is 2. The maximum Gasteiger partial charge on any atom is 0.193 e. The van der Waals surface area contributed by atoms with E-state index in [0.29, 0.717) is 6.54 Å². The van der Waals surface area contributed by atoms with Gasteiger partial charge in [-0.2, -0.15) is 0 Å². The number of hydrogen-bond acceptors (Lipinski definition) is 2. The number of halogens is 1. The van der Waals surface area contributed by atoms with Crippen LogP contribution in [0.3, 0.4) is 0 Å². The second-order valence-electron chi connectivity index (χ2n) is 4.96. The minimum atomic E-state index is 0. The van der Waals surface area contributed by atoms with E-state index in [2.05, 4.69) is 41.8 Å². The molecule has 0 saturated heterocycles. The molecule has 0 saturated carbocycles. The van der Waals surface area contributed by atoms with Crippen LogP contribution in [0.2, 0.25) is 0 Å². The summed E-state index contributed by atoms with van der Waals surface area (Å²) in [6, 6.07) is 2.06. The zero-order valence-electron chi connectivity index (χ0n) is 13.6. The fourth-order valence-corrected chi connectivity index (χ4v) is 2.05. The first-order valence-electron chi connectivity index (χ1n) is 7.24. The number of furan rings is 1. The van der Waals surface area contributed by atoms with Gasteiger partial charge >= 0.3 is 0 Å². The van der Waals surface area contributed by atoms with Crippen LogP contribution in [0.4, 0.5) is 0 Å². The lowest BCUT2D eigenvalue weighted by Gasteiger charge is -2.21. The van der Waals surface area contributed by atoms with Crippen molar-refractivity contribution in [1.29, 1.82) is 0 Å². The maximum absolute atomic E-state index is 5.53. The smallest absolute Gasteiger partial charge is 0.193 e. The summed E-state index contributed by atoms with van der Waals surface area (Å²) in [7, 11) is 2.07. The second-order valence-corrected chi connectivity index (χ2v) is 4.96. The van der Waals surface area contributed by atoms with Crippen LogP contribution in [0.15, 0.2) is 28.1 Å². The molecule has 1 rings (SSSR count). The average molecular weight is 405 g/mol. The Morgan fingerprint density at radius 1 is 1.48 bits per heavy atom. The van der Waals surface area contributed by atoms with Crippen molar-refractivity contribution in [3.8, 4) is 0 Å². The van der Waals surface area contributed by atoms with Gasteiger partial charge in [-0.1, -0.05) is 6.08 Å². The summed E-state index contributed by atoms with van der Waals surface area (Å²) in [5, 5.41) is 3.33. The van der Waals surface area contributed by atoms with Crippen molar-refractivity contribution < 1.29 is 4.42 Å². The molecule has 1 aromatic rings. The Labute approximate surface area is 145 Å². The van der Waals surface area contributed by atoms with Crippen LogP contribution >= 0.6 is 24.0 Å². The molecule has 21 heavy (non-hydrogen) atoms. The Balaban J connectivity index is 0.00000400. The van der Waals surface area contributed by atoms with Crippen molar-refractivity contribution in [3.05, 3.63) is 35.8 Å². The van der Waals surface area contributed by atoms with Crippen molar-refractivity contribution in [3.63, 3.8) is 0 Å². The van der Waals surface area contributed by atoms with Gasteiger partial charge in [-0.25, -0.2) is 4.99 Å². The third kappa shape index (κ3) is 7.02. The van der Waals surface area contributed by atoms with E-state index < -0.39 is 0 Å². The number of allylic oxidation sites excluding steroid dienone is 1. The highest BCUT2D eigenvalue weighted by Gasteiger charge is 2.07. The lowest BCUT2D eigenvalue weighted by molar-refractivity contribution is 0.469. The van der Waals surface area contributed by atoms with Crippen molar-refractivity contribution >= 4 is 29.9 Å². The molecule has 0 aliphatic rings. The number of unbranched alkanes of at least 4 members (excludes halogenated alkanes) is 1. The molecule has 0 aliphatic heterocycles. The standard InChI is InChI=1S/C16H27N3O.HI/c1-6-8-9-10-19(5)16(17-7-2)18-12-15-11-13(3)20-14(15)4;/h6,11H,1,7-10,12H2,2-5H3,(H,17,18);1H. The van der Waals surface area contributed by atoms with Gasteiger partial charge in [0.1, 0.15) is 11.5 Å². The molecule has 0 aromatic carbocycles. The molecule has 0 fully saturated rings. The van der Waals surface area contributed by atoms with Crippen LogP contribution in [-0.4, -0.2) is 31.0 Å². The third-order valence-corrected chi connectivity index (χ3v) is 3.14. The van der Waals surface area contributed by atoms with Crippen molar-refractivity contribution in [2.45, 2.75) is 40.2 Å². The first-order chi connectivity index (χ1) is 9.58. The zero-order valence-corrected chi connectivity index (χ0v) is 15.9. The van der Waals surface area contributed by atoms with Crippen LogP contribution in [0.5, 0.6) is 0 Å². The van der Waals surface area contributed by atoms with E-state index in [1.165, 1.54) is 0 Å². The molecule has 0 bridgehead atoms. The molecule has 1 aromatic heterocycles. The predicted molar refractivity (Wildman–Crippen MR) is 100 cm³/mol. The number of rotatable bonds is 7. The highest BCUT2D eigenvalue weighted by Crippen LogP contribution is 2.14. The molecular formula is C16H28IN3O. The Morgan fingerprint density at radius 2 is 2.19 bits per heavy atom. The van der Waals surface area contributed by atoms with E-state index in [1.54, 1.807) is 0 Å². The number of aliphatic imine (C=N–C) groups is 1. The van der Waals surface area contributed by atoms with E-state index in [9.17, 15) is 0 Å². The number of hydrogen-bond donors (Lipinski definition) is 1. The summed E-state index contributed by atoms with van der Waals surface area (Å²) in [6.45, 7) is 12.3. The quantitative estimate of drug-likeness (QED) is 0.246. The molecule has 5 heteroatoms. The molecule has 0 aliphatic carbocycles. The summed E-state index contributed by atoms with van der Waals surface area (Å²) in [6.07, 6.45) is 4.08. The highest BCUT2D eigenvalue weighted by atomic mass is 127. The molecular weight excluding hydrogens is 377 g/mol. The van der Waals surface area contributed by atoms with E-state index in [-0.39, 0.29) is 24.0 Å². The van der Waals surface area contributed by atoms with Gasteiger partial charge in [-0.15, -0.1) is 30.6 Å². The summed E-state index contributed by atoms with van der Waals surface area (Å²) in [5.74, 6) is 2.84. The van der Waals surface area contributed by atoms with E-state index in [0.717, 1.165) is 49.0 Å². The van der Waals surface area contributed by atoms with Crippen LogP contribution in [-0.2, 0) is 6.54 Å². The lowest BCUT2D eigenvalue weighted by Crippen LogP contribution is -2.39. The number of guanidine groups is 1. The molecule has 120 valence electrons. The summed E-state index contributed by atoms with van der Waals surface area (Å²) in [5.41, 5.74) is 1.15. The minimum Gasteiger partial charge on any atom is -0.466 e. The van der Waals surface area contributed by atoms with Gasteiger partial charge in [0, 0.05) is 25.7 Å². The third-order valence-electron chi connectivity index (χ3n) is 3.14. The van der Waals surface area contributed by atoms with Crippen molar-refractivity contribution in [2.24, 2.45) is 4.99 Å². The van der Waals surface area contributed by atoms with Gasteiger partial charge < -0.3 is 14.6 Å². The van der Waals surface area contributed by atoms with Crippen molar-refractivity contribution in [1.82, 2.24) is 10.2 Å². The zero-order chi connectivity index (χ0) is 15.0. The van der Waals surface area contributed by atoms with Gasteiger partial charge in [0.25, 0.3) is 0 Å². The monoisotopic (exact) mass is 405 g/mol. The molecule has 0 radical (unpaired) electrons. The van der Waals surface area contributed by atoms with Crippen LogP contribution in [0, 0.1) is 13.8 Å². The van der Waals surface area contributed by atoms with Crippen molar-refractivity contribution in [2.75, 3.05) is 20.1 Å². The highest BCUT2D eigenvalue weighted by molar-refractivity contribution is 14.0. The molecule has 0 spiro atoms. The molecule has 4 nitrogen and oxygen atoms in total. The fourth-order valence-electron chi connectivity index (χ4n) is 2.05. The van der Waals surface area contributed by atoms with Gasteiger partial charge in [0.2, 0.25) is 0 Å². The summed E-state index contributed by atoms with van der Waals surface area (Å²) < 4.78 is 5.53. The molecule has 0 amide bonds. The predicted octanol–water partition coefficient (Wildman–Crippen LogP) is 3.88. The van der Waals surface area contributed by atoms with E-state index in [4.69, 9.17) is 4.42 Å². The van der Waals surface area contributed by atoms with Gasteiger partial charge in [0.05, 0.1) is 6.54 Å². The summed E-state index contributed by atoms with van der Waals surface area (Å²) >= 11 is 0. The molecule has 0 unspecified atom stereocenters. The van der Waals surface area contributed by atoms with Gasteiger partial charge in [0.15, 0.2) is 5.96 Å². The van der Waals surface area contributed by atoms with Crippen LogP contribution in [0.25, 0.3) is 0 Å². The second kappa shape index (κ2) is 10.7. The first kappa shape index (κ1) is 20.0. The molecule has 1 N–H and O–H groups in total. The molecule has 1 heterocycles. The topological polar surface area (TPSA) is 40.8 Å². The normalized spacial score (nSPS) is 11.0. The fraction of sp³-hybridized carbons (Fsp3) is 0.562. The largest absolute Gasteiger partial charge is 0.466 e. The summed E-state index contributed by atoms with van der Waals surface area (Å²) in [4.78, 5) is 6.84. The average Bonchev–Trinajstić information content (AvgIpc) is 2.73. The Morgan fingerprint density at radius 3 is 2.71 bits per heavy atom. The Kier molecular flexibility index (Phi) is 10.2. The van der Waals surface area contributed by atoms with Crippen LogP contribution < -0.4 is 5.32 Å². The Hall–Kier alpha value is -0.980. The van der Waals surface area contributed by atoms with Crippen LogP contribution in [0.1, 0.15) is 36.8 Å².